The molecule has 0 unspecified atom stereocenters. The van der Waals surface area contributed by atoms with Gasteiger partial charge in [0.1, 0.15) is 0 Å². The molecule has 44 heavy (non-hydrogen) atoms. The van der Waals surface area contributed by atoms with Gasteiger partial charge in [-0.25, -0.2) is 8.42 Å². The molecule has 0 saturated heterocycles. The van der Waals surface area contributed by atoms with Gasteiger partial charge >= 0.3 is 0 Å². The number of nitrogens with one attached hydrogen (secondary N) is 2. The van der Waals surface area contributed by atoms with E-state index in [0.717, 1.165) is 16.1 Å². The lowest BCUT2D eigenvalue weighted by atomic mass is 10.1. The highest BCUT2D eigenvalue weighted by Gasteiger charge is 2.22. The summed E-state index contributed by atoms with van der Waals surface area (Å²) in [5.41, 5.74) is 2.82. The lowest BCUT2D eigenvalue weighted by Crippen LogP contribution is -2.29. The minimum Gasteiger partial charge on any atom is -0.493 e. The lowest BCUT2D eigenvalue weighted by Gasteiger charge is -2.24. The van der Waals surface area contributed by atoms with Gasteiger partial charge in [0, 0.05) is 12.1 Å². The Labute approximate surface area is 266 Å². The van der Waals surface area contributed by atoms with Crippen molar-refractivity contribution in [1.29, 1.82) is 0 Å². The van der Waals surface area contributed by atoms with Gasteiger partial charge in [-0.05, 0) is 66.1 Å². The van der Waals surface area contributed by atoms with Crippen molar-refractivity contribution < 1.29 is 27.5 Å². The minimum atomic E-state index is -3.70. The monoisotopic (exact) mass is 655 g/mol. The van der Waals surface area contributed by atoms with Crippen LogP contribution in [0.25, 0.3) is 0 Å². The summed E-state index contributed by atoms with van der Waals surface area (Å²) in [6.45, 7) is 0.343. The molecule has 0 spiro atoms. The fourth-order valence-corrected chi connectivity index (χ4v) is 5.77. The van der Waals surface area contributed by atoms with E-state index in [1.165, 1.54) is 0 Å². The predicted molar refractivity (Wildman–Crippen MR) is 174 cm³/mol. The molecule has 4 aromatic rings. The first-order valence-electron chi connectivity index (χ1n) is 13.4. The number of ether oxygens (including phenoxy) is 2. The molecule has 4 rings (SSSR count). The summed E-state index contributed by atoms with van der Waals surface area (Å²) in [5, 5.41) is 6.05. The number of para-hydroxylation sites is 1. The summed E-state index contributed by atoms with van der Waals surface area (Å²) < 4.78 is 36.9. The average molecular weight is 657 g/mol. The summed E-state index contributed by atoms with van der Waals surface area (Å²) in [7, 11) is -0.570. The highest BCUT2D eigenvalue weighted by Crippen LogP contribution is 2.34. The molecule has 0 fully saturated rings. The van der Waals surface area contributed by atoms with Crippen molar-refractivity contribution >= 4 is 56.4 Å². The molecular formula is C32H31Cl2N3O6S. The van der Waals surface area contributed by atoms with Gasteiger partial charge in [-0.2, -0.15) is 0 Å². The molecule has 0 heterocycles. The Morgan fingerprint density at radius 3 is 2.18 bits per heavy atom. The Morgan fingerprint density at radius 1 is 0.818 bits per heavy atom. The van der Waals surface area contributed by atoms with E-state index < -0.39 is 15.9 Å². The molecule has 12 heteroatoms. The maximum absolute atomic E-state index is 13.1. The normalized spacial score (nSPS) is 11.0. The maximum Gasteiger partial charge on any atom is 0.255 e. The van der Waals surface area contributed by atoms with Crippen LogP contribution in [0.15, 0.2) is 84.9 Å². The van der Waals surface area contributed by atoms with Crippen molar-refractivity contribution in [3.05, 3.63) is 117 Å². The van der Waals surface area contributed by atoms with Crippen molar-refractivity contribution in [1.82, 2.24) is 5.32 Å². The number of hydrogen-bond acceptors (Lipinski definition) is 6. The zero-order valence-corrected chi connectivity index (χ0v) is 26.6. The largest absolute Gasteiger partial charge is 0.493 e. The number of carbonyl (C=O) groups excluding carboxylic acids is 2. The third-order valence-corrected chi connectivity index (χ3v) is 8.65. The molecule has 4 aromatic carbocycles. The number of hydrogen-bond donors (Lipinski definition) is 2. The van der Waals surface area contributed by atoms with E-state index >= 15 is 0 Å². The van der Waals surface area contributed by atoms with E-state index in [9.17, 15) is 18.0 Å². The number of rotatable bonds is 12. The van der Waals surface area contributed by atoms with E-state index in [2.05, 4.69) is 10.6 Å². The Morgan fingerprint density at radius 2 is 1.50 bits per heavy atom. The van der Waals surface area contributed by atoms with Gasteiger partial charge in [-0.3, -0.25) is 13.9 Å². The van der Waals surface area contributed by atoms with Crippen LogP contribution < -0.4 is 24.4 Å². The zero-order valence-electron chi connectivity index (χ0n) is 24.3. The third kappa shape index (κ3) is 8.02. The molecule has 2 amide bonds. The Bertz CT molecular complexity index is 1760. The summed E-state index contributed by atoms with van der Waals surface area (Å²) in [4.78, 5) is 26.1. The van der Waals surface area contributed by atoms with Crippen molar-refractivity contribution in [3.8, 4) is 11.5 Å². The second-order valence-electron chi connectivity index (χ2n) is 9.73. The first kappa shape index (κ1) is 32.7. The van der Waals surface area contributed by atoms with Crippen LogP contribution in [0, 0.1) is 0 Å². The van der Waals surface area contributed by atoms with Crippen LogP contribution in [0.2, 0.25) is 10.0 Å². The van der Waals surface area contributed by atoms with Crippen LogP contribution in [0.4, 0.5) is 11.4 Å². The fraction of sp³-hybridized carbons (Fsp3) is 0.188. The van der Waals surface area contributed by atoms with Gasteiger partial charge in [0.2, 0.25) is 10.0 Å². The average Bonchev–Trinajstić information content (AvgIpc) is 3.01. The van der Waals surface area contributed by atoms with Crippen molar-refractivity contribution in [2.45, 2.75) is 13.0 Å². The van der Waals surface area contributed by atoms with E-state index in [1.54, 1.807) is 80.9 Å². The van der Waals surface area contributed by atoms with Crippen LogP contribution in [-0.2, 0) is 23.0 Å². The first-order valence-corrected chi connectivity index (χ1v) is 16.0. The van der Waals surface area contributed by atoms with Gasteiger partial charge in [0.15, 0.2) is 11.5 Å². The van der Waals surface area contributed by atoms with Crippen LogP contribution in [0.1, 0.15) is 31.8 Å². The highest BCUT2D eigenvalue weighted by atomic mass is 35.5. The summed E-state index contributed by atoms with van der Waals surface area (Å²) in [5.74, 6) is 0.464. The molecule has 0 bridgehead atoms. The Balaban J connectivity index is 1.41. The highest BCUT2D eigenvalue weighted by molar-refractivity contribution is 7.92. The Hall–Kier alpha value is -4.25. The number of methoxy groups -OCH3 is 2. The number of sulfonamides is 1. The number of benzene rings is 4. The van der Waals surface area contributed by atoms with E-state index in [0.29, 0.717) is 46.8 Å². The fourth-order valence-electron chi connectivity index (χ4n) is 4.43. The predicted octanol–water partition coefficient (Wildman–Crippen LogP) is 6.20. The first-order chi connectivity index (χ1) is 21.0. The van der Waals surface area contributed by atoms with E-state index in [1.807, 2.05) is 18.2 Å². The molecule has 0 aromatic heterocycles. The minimum absolute atomic E-state index is 0.0207. The number of halogens is 2. The molecular weight excluding hydrogens is 625 g/mol. The SMILES string of the molecule is COc1ccc(CCNC(=O)c2ccccc2NC(=O)c2ccc(CN(c3cccc(Cl)c3Cl)S(C)(=O)=O)cc2)cc1OC. The molecule has 0 atom stereocenters. The third-order valence-electron chi connectivity index (χ3n) is 6.71. The quantitative estimate of drug-likeness (QED) is 0.188. The summed E-state index contributed by atoms with van der Waals surface area (Å²) in [6.07, 6.45) is 1.64. The number of amides is 2. The van der Waals surface area contributed by atoms with Crippen molar-refractivity contribution in [3.63, 3.8) is 0 Å². The number of anilines is 2. The lowest BCUT2D eigenvalue weighted by molar-refractivity contribution is 0.0955. The molecule has 230 valence electrons. The van der Waals surface area contributed by atoms with Crippen LogP contribution in [0.3, 0.4) is 0 Å². The second-order valence-corrected chi connectivity index (χ2v) is 12.4. The van der Waals surface area contributed by atoms with Crippen LogP contribution >= 0.6 is 23.2 Å². The van der Waals surface area contributed by atoms with E-state index in [4.69, 9.17) is 32.7 Å². The topological polar surface area (TPSA) is 114 Å². The smallest absolute Gasteiger partial charge is 0.255 e. The molecule has 2 N–H and O–H groups in total. The van der Waals surface area contributed by atoms with E-state index in [-0.39, 0.29) is 28.2 Å². The van der Waals surface area contributed by atoms with Crippen LogP contribution in [0.5, 0.6) is 11.5 Å². The summed E-state index contributed by atoms with van der Waals surface area (Å²) >= 11 is 12.4. The molecule has 0 aliphatic heterocycles. The van der Waals surface area contributed by atoms with Gasteiger partial charge < -0.3 is 20.1 Å². The molecule has 0 aliphatic rings. The van der Waals surface area contributed by atoms with Crippen molar-refractivity contribution in [2.75, 3.05) is 36.6 Å². The Kier molecular flexibility index (Phi) is 10.7. The maximum atomic E-state index is 13.1. The summed E-state index contributed by atoms with van der Waals surface area (Å²) in [6, 6.07) is 23.5. The molecule has 0 saturated carbocycles. The van der Waals surface area contributed by atoms with Crippen molar-refractivity contribution in [2.24, 2.45) is 0 Å². The van der Waals surface area contributed by atoms with Gasteiger partial charge in [-0.1, -0.05) is 59.6 Å². The number of carbonyl (C=O) groups is 2. The molecule has 9 nitrogen and oxygen atoms in total. The number of nitrogens with zero attached hydrogens (tertiary/aromatic N) is 1. The van der Waals surface area contributed by atoms with Gasteiger partial charge in [0.05, 0.1) is 54.0 Å². The standard InChI is InChI=1S/C32H31Cl2N3O6S/c1-42-28-16-13-21(19-29(28)43-2)17-18-35-32(39)24-7-4-5-9-26(24)36-31(38)23-14-11-22(12-15-23)20-37(44(3,40)41)27-10-6-8-25(33)30(27)34/h4-16,19H,17-18,20H2,1-3H3,(H,35,39)(H,36,38). The molecule has 0 aliphatic carbocycles. The van der Waals surface area contributed by atoms with Crippen LogP contribution in [-0.4, -0.2) is 47.3 Å². The zero-order chi connectivity index (χ0) is 31.9. The van der Waals surface area contributed by atoms with Gasteiger partial charge in [-0.15, -0.1) is 0 Å². The van der Waals surface area contributed by atoms with Gasteiger partial charge in [0.25, 0.3) is 11.8 Å². The molecule has 0 radical (unpaired) electrons. The second kappa shape index (κ2) is 14.5.